The molecule has 0 spiro atoms. The van der Waals surface area contributed by atoms with E-state index in [0.717, 1.165) is 24.7 Å². The quantitative estimate of drug-likeness (QED) is 0.640. The van der Waals surface area contributed by atoms with Crippen molar-refractivity contribution >= 4 is 9.84 Å². The van der Waals surface area contributed by atoms with Crippen LogP contribution in [0.4, 0.5) is 13.2 Å². The fraction of sp³-hybridized carbons (Fsp3) is 0.500. The summed E-state index contributed by atoms with van der Waals surface area (Å²) in [6, 6.07) is -0.408. The van der Waals surface area contributed by atoms with Crippen LogP contribution in [0.5, 0.6) is 0 Å². The van der Waals surface area contributed by atoms with Crippen molar-refractivity contribution in [2.45, 2.75) is 24.4 Å². The van der Waals surface area contributed by atoms with E-state index in [2.05, 4.69) is 10.4 Å². The third-order valence-corrected chi connectivity index (χ3v) is 4.44. The average molecular weight is 297 g/mol. The molecule has 0 aliphatic rings. The van der Waals surface area contributed by atoms with Gasteiger partial charge < -0.3 is 0 Å². The van der Waals surface area contributed by atoms with E-state index in [1.807, 2.05) is 0 Å². The number of nitrogens with zero attached hydrogens (tertiary/aromatic N) is 1. The van der Waals surface area contributed by atoms with Gasteiger partial charge in [0.2, 0.25) is 0 Å². The number of hydrazine groups is 1. The molecule has 0 aliphatic heterocycles. The van der Waals surface area contributed by atoms with Crippen LogP contribution in [0.2, 0.25) is 0 Å². The number of aromatic nitrogens is 1. The lowest BCUT2D eigenvalue weighted by molar-refractivity contribution is -0.138. The second-order valence-corrected chi connectivity index (χ2v) is 6.54. The third kappa shape index (κ3) is 3.64. The molecule has 1 heterocycles. The van der Waals surface area contributed by atoms with Crippen molar-refractivity contribution in [1.82, 2.24) is 10.4 Å². The van der Waals surface area contributed by atoms with Gasteiger partial charge in [-0.05, 0) is 13.0 Å². The first-order chi connectivity index (χ1) is 8.59. The van der Waals surface area contributed by atoms with Gasteiger partial charge in [-0.3, -0.25) is 16.3 Å². The first-order valence-corrected chi connectivity index (χ1v) is 7.20. The lowest BCUT2D eigenvalue weighted by Crippen LogP contribution is -2.40. The van der Waals surface area contributed by atoms with Gasteiger partial charge in [0, 0.05) is 24.2 Å². The van der Waals surface area contributed by atoms with Crippen molar-refractivity contribution in [2.75, 3.05) is 6.26 Å². The minimum Gasteiger partial charge on any atom is -0.271 e. The maximum absolute atomic E-state index is 12.9. The molecule has 19 heavy (non-hydrogen) atoms. The van der Waals surface area contributed by atoms with Crippen LogP contribution >= 0.6 is 0 Å². The van der Waals surface area contributed by atoms with Crippen molar-refractivity contribution in [2.24, 2.45) is 5.84 Å². The van der Waals surface area contributed by atoms with Crippen LogP contribution < -0.4 is 11.3 Å². The molecule has 0 saturated carbocycles. The highest BCUT2D eigenvalue weighted by atomic mass is 32.2. The van der Waals surface area contributed by atoms with Gasteiger partial charge in [-0.15, -0.1) is 0 Å². The Labute approximate surface area is 108 Å². The molecule has 0 aliphatic carbocycles. The maximum Gasteiger partial charge on any atom is 0.416 e. The number of sulfone groups is 1. The predicted octanol–water partition coefficient (Wildman–Crippen LogP) is 1.04. The highest BCUT2D eigenvalue weighted by molar-refractivity contribution is 7.91. The Morgan fingerprint density at radius 2 is 2.00 bits per heavy atom. The molecule has 0 radical (unpaired) electrons. The van der Waals surface area contributed by atoms with E-state index in [4.69, 9.17) is 5.84 Å². The molecule has 1 aromatic heterocycles. The Kier molecular flexibility index (Phi) is 4.54. The Balaban J connectivity index is 3.35. The summed E-state index contributed by atoms with van der Waals surface area (Å²) < 4.78 is 61.5. The Bertz CT molecular complexity index is 545. The zero-order chi connectivity index (χ0) is 14.8. The van der Waals surface area contributed by atoms with Crippen LogP contribution in [0.15, 0.2) is 18.5 Å². The molecule has 9 heteroatoms. The molecule has 2 unspecified atom stereocenters. The third-order valence-electron chi connectivity index (χ3n) is 2.82. The number of nitrogens with two attached hydrogens (primary N) is 1. The van der Waals surface area contributed by atoms with Crippen LogP contribution in [0.25, 0.3) is 0 Å². The van der Waals surface area contributed by atoms with Crippen LogP contribution in [0.1, 0.15) is 24.1 Å². The topological polar surface area (TPSA) is 85.1 Å². The highest BCUT2D eigenvalue weighted by Gasteiger charge is 2.38. The van der Waals surface area contributed by atoms with Gasteiger partial charge in [0.15, 0.2) is 9.84 Å². The van der Waals surface area contributed by atoms with Gasteiger partial charge in [0.05, 0.1) is 16.9 Å². The fourth-order valence-corrected chi connectivity index (χ4v) is 2.36. The molecule has 1 aromatic rings. The summed E-state index contributed by atoms with van der Waals surface area (Å²) in [5, 5.41) is -1.12. The molecule has 0 amide bonds. The van der Waals surface area contributed by atoms with Crippen molar-refractivity contribution in [3.05, 3.63) is 29.6 Å². The minimum absolute atomic E-state index is 0.296. The normalized spacial score (nSPS) is 16.1. The summed E-state index contributed by atoms with van der Waals surface area (Å²) in [6.07, 6.45) is -1.71. The van der Waals surface area contributed by atoms with Gasteiger partial charge in [0.25, 0.3) is 0 Å². The van der Waals surface area contributed by atoms with E-state index >= 15 is 0 Å². The SMILES string of the molecule is CC(C(NN)c1cnccc1C(F)(F)F)S(C)(=O)=O. The van der Waals surface area contributed by atoms with Crippen molar-refractivity contribution in [1.29, 1.82) is 0 Å². The summed E-state index contributed by atoms with van der Waals surface area (Å²) in [6.45, 7) is 1.28. The number of hydrogen-bond donors (Lipinski definition) is 2. The lowest BCUT2D eigenvalue weighted by Gasteiger charge is -2.24. The Morgan fingerprint density at radius 3 is 2.42 bits per heavy atom. The number of rotatable bonds is 4. The Morgan fingerprint density at radius 1 is 1.42 bits per heavy atom. The maximum atomic E-state index is 12.9. The van der Waals surface area contributed by atoms with Crippen molar-refractivity contribution < 1.29 is 21.6 Å². The summed E-state index contributed by atoms with van der Waals surface area (Å²) in [5.74, 6) is 5.20. The second-order valence-electron chi connectivity index (χ2n) is 4.14. The first kappa shape index (κ1) is 15.9. The molecule has 108 valence electrons. The summed E-state index contributed by atoms with van der Waals surface area (Å²) >= 11 is 0. The minimum atomic E-state index is -4.61. The molecule has 1 rings (SSSR count). The Hall–Kier alpha value is -1.19. The van der Waals surface area contributed by atoms with E-state index in [0.29, 0.717) is 0 Å². The molecule has 3 N–H and O–H groups in total. The van der Waals surface area contributed by atoms with Crippen LogP contribution in [-0.2, 0) is 16.0 Å². The summed E-state index contributed by atoms with van der Waals surface area (Å²) in [5.41, 5.74) is 0.865. The molecule has 2 atom stereocenters. The van der Waals surface area contributed by atoms with Crippen LogP contribution in [-0.4, -0.2) is 24.9 Å². The monoisotopic (exact) mass is 297 g/mol. The predicted molar refractivity (Wildman–Crippen MR) is 63.6 cm³/mol. The van der Waals surface area contributed by atoms with E-state index in [1.54, 1.807) is 0 Å². The van der Waals surface area contributed by atoms with Gasteiger partial charge >= 0.3 is 6.18 Å². The number of halogens is 3. The van der Waals surface area contributed by atoms with Crippen LogP contribution in [0, 0.1) is 0 Å². The van der Waals surface area contributed by atoms with Gasteiger partial charge in [0.1, 0.15) is 0 Å². The zero-order valence-electron chi connectivity index (χ0n) is 10.3. The molecule has 0 fully saturated rings. The van der Waals surface area contributed by atoms with Crippen molar-refractivity contribution in [3.63, 3.8) is 0 Å². The summed E-state index contributed by atoms with van der Waals surface area (Å²) in [4.78, 5) is 3.60. The fourth-order valence-electron chi connectivity index (χ4n) is 1.64. The largest absolute Gasteiger partial charge is 0.416 e. The number of pyridine rings is 1. The number of hydrogen-bond acceptors (Lipinski definition) is 5. The number of nitrogens with one attached hydrogen (secondary N) is 1. The molecular formula is C10H14F3N3O2S. The first-order valence-electron chi connectivity index (χ1n) is 5.25. The van der Waals surface area contributed by atoms with Crippen LogP contribution in [0.3, 0.4) is 0 Å². The smallest absolute Gasteiger partial charge is 0.271 e. The van der Waals surface area contributed by atoms with E-state index in [9.17, 15) is 21.6 Å². The lowest BCUT2D eigenvalue weighted by atomic mass is 10.0. The van der Waals surface area contributed by atoms with Gasteiger partial charge in [-0.1, -0.05) is 0 Å². The second kappa shape index (κ2) is 5.43. The zero-order valence-corrected chi connectivity index (χ0v) is 11.1. The highest BCUT2D eigenvalue weighted by Crippen LogP contribution is 2.35. The molecular weight excluding hydrogens is 283 g/mol. The summed E-state index contributed by atoms with van der Waals surface area (Å²) in [7, 11) is -3.56. The standard InChI is InChI=1S/C10H14F3N3O2S/c1-6(19(2,17)18)9(16-14)7-5-15-4-3-8(7)10(11,12)13/h3-6,9,16H,14H2,1-2H3. The number of alkyl halides is 3. The van der Waals surface area contributed by atoms with E-state index < -0.39 is 32.9 Å². The van der Waals surface area contributed by atoms with Gasteiger partial charge in [-0.25, -0.2) is 8.42 Å². The molecule has 5 nitrogen and oxygen atoms in total. The molecule has 0 saturated heterocycles. The van der Waals surface area contributed by atoms with Crippen molar-refractivity contribution in [3.8, 4) is 0 Å². The van der Waals surface area contributed by atoms with E-state index in [1.165, 1.54) is 6.92 Å². The molecule has 0 aromatic carbocycles. The van der Waals surface area contributed by atoms with Gasteiger partial charge in [-0.2, -0.15) is 13.2 Å². The average Bonchev–Trinajstić information content (AvgIpc) is 2.28. The van der Waals surface area contributed by atoms with E-state index in [-0.39, 0.29) is 5.56 Å². The molecule has 0 bridgehead atoms.